The van der Waals surface area contributed by atoms with Gasteiger partial charge in [-0.2, -0.15) is 13.2 Å². The van der Waals surface area contributed by atoms with Gasteiger partial charge >= 0.3 is 6.18 Å². The van der Waals surface area contributed by atoms with Gasteiger partial charge in [0.2, 0.25) is 5.91 Å². The summed E-state index contributed by atoms with van der Waals surface area (Å²) in [6.07, 6.45) is -1.98. The molecule has 0 spiro atoms. The van der Waals surface area contributed by atoms with Crippen molar-refractivity contribution < 1.29 is 22.7 Å². The lowest BCUT2D eigenvalue weighted by Crippen LogP contribution is -2.55. The Balaban J connectivity index is 1.95. The Morgan fingerprint density at radius 3 is 2.58 bits per heavy atom. The van der Waals surface area contributed by atoms with E-state index in [0.29, 0.717) is 19.8 Å². The number of carbonyl (C=O) groups excluding carboxylic acids is 1. The third-order valence-electron chi connectivity index (χ3n) is 4.29. The van der Waals surface area contributed by atoms with Crippen LogP contribution >= 0.6 is 11.6 Å². The number of benzene rings is 1. The maximum Gasteiger partial charge on any atom is 0.417 e. The van der Waals surface area contributed by atoms with Gasteiger partial charge in [0, 0.05) is 31.2 Å². The Morgan fingerprint density at radius 1 is 1.31 bits per heavy atom. The van der Waals surface area contributed by atoms with Gasteiger partial charge in [0.25, 0.3) is 0 Å². The van der Waals surface area contributed by atoms with E-state index in [4.69, 9.17) is 16.3 Å². The van der Waals surface area contributed by atoms with Gasteiger partial charge in [0.05, 0.1) is 23.8 Å². The molecule has 0 unspecified atom stereocenters. The molecule has 0 radical (unpaired) electrons. The van der Waals surface area contributed by atoms with E-state index in [-0.39, 0.29) is 22.0 Å². The van der Waals surface area contributed by atoms with Gasteiger partial charge in [-0.15, -0.1) is 0 Å². The molecule has 1 aliphatic heterocycles. The fourth-order valence-electron chi connectivity index (χ4n) is 2.68. The quantitative estimate of drug-likeness (QED) is 0.781. The zero-order valence-corrected chi connectivity index (χ0v) is 15.5. The SMILES string of the molecule is CC(C)(CNC(=O)C=Cc1ccc(Cl)c(C(F)(F)F)c1)N1CCOCC1. The Labute approximate surface area is 155 Å². The van der Waals surface area contributed by atoms with E-state index in [0.717, 1.165) is 19.2 Å². The lowest BCUT2D eigenvalue weighted by Gasteiger charge is -2.40. The van der Waals surface area contributed by atoms with Crippen LogP contribution in [0.3, 0.4) is 0 Å². The molecule has 0 saturated carbocycles. The number of amides is 1. The van der Waals surface area contributed by atoms with Gasteiger partial charge in [-0.1, -0.05) is 17.7 Å². The summed E-state index contributed by atoms with van der Waals surface area (Å²) < 4.78 is 43.9. The van der Waals surface area contributed by atoms with Gasteiger partial charge in [0.15, 0.2) is 0 Å². The third kappa shape index (κ3) is 5.72. The van der Waals surface area contributed by atoms with Crippen molar-refractivity contribution in [2.75, 3.05) is 32.8 Å². The fourth-order valence-corrected chi connectivity index (χ4v) is 2.90. The summed E-state index contributed by atoms with van der Waals surface area (Å²) in [5.41, 5.74) is -0.906. The van der Waals surface area contributed by atoms with Crippen LogP contribution in [0.2, 0.25) is 5.02 Å². The lowest BCUT2D eigenvalue weighted by molar-refractivity contribution is -0.137. The first-order valence-corrected chi connectivity index (χ1v) is 8.63. The standard InChI is InChI=1S/C18H22ClF3N2O2/c1-17(2,24-7-9-26-10-8-24)12-23-16(25)6-4-13-3-5-15(19)14(11-13)18(20,21)22/h3-6,11H,7-10,12H2,1-2H3,(H,23,25). The van der Waals surface area contributed by atoms with E-state index < -0.39 is 11.7 Å². The van der Waals surface area contributed by atoms with Crippen LogP contribution in [0.15, 0.2) is 24.3 Å². The van der Waals surface area contributed by atoms with Crippen molar-refractivity contribution in [3.63, 3.8) is 0 Å². The van der Waals surface area contributed by atoms with Gasteiger partial charge < -0.3 is 10.1 Å². The lowest BCUT2D eigenvalue weighted by atomic mass is 10.0. The molecule has 1 N–H and O–H groups in total. The minimum atomic E-state index is -4.54. The molecule has 1 saturated heterocycles. The molecule has 4 nitrogen and oxygen atoms in total. The van der Waals surface area contributed by atoms with Crippen LogP contribution in [0.5, 0.6) is 0 Å². The predicted molar refractivity (Wildman–Crippen MR) is 95.0 cm³/mol. The smallest absolute Gasteiger partial charge is 0.379 e. The van der Waals surface area contributed by atoms with Crippen LogP contribution in [-0.4, -0.2) is 49.2 Å². The van der Waals surface area contributed by atoms with Crippen LogP contribution in [-0.2, 0) is 15.7 Å². The first kappa shape index (κ1) is 20.7. The molecular weight excluding hydrogens is 369 g/mol. The molecule has 26 heavy (non-hydrogen) atoms. The minimum absolute atomic E-state index is 0.239. The zero-order valence-electron chi connectivity index (χ0n) is 14.7. The van der Waals surface area contributed by atoms with Gasteiger partial charge in [-0.3, -0.25) is 9.69 Å². The number of nitrogens with zero attached hydrogens (tertiary/aromatic N) is 1. The average Bonchev–Trinajstić information content (AvgIpc) is 2.59. The molecule has 0 aromatic heterocycles. The van der Waals surface area contributed by atoms with Crippen molar-refractivity contribution in [1.82, 2.24) is 10.2 Å². The van der Waals surface area contributed by atoms with Gasteiger partial charge in [-0.25, -0.2) is 0 Å². The molecule has 0 atom stereocenters. The highest BCUT2D eigenvalue weighted by Gasteiger charge is 2.33. The molecule has 1 aliphatic rings. The van der Waals surface area contributed by atoms with Crippen LogP contribution < -0.4 is 5.32 Å². The number of carbonyl (C=O) groups is 1. The Bertz CT molecular complexity index is 669. The molecule has 144 valence electrons. The predicted octanol–water partition coefficient (Wildman–Crippen LogP) is 3.60. The molecule has 1 fully saturated rings. The number of hydrogen-bond acceptors (Lipinski definition) is 3. The number of rotatable bonds is 5. The molecule has 0 aliphatic carbocycles. The average molecular weight is 391 g/mol. The van der Waals surface area contributed by atoms with E-state index in [1.54, 1.807) is 0 Å². The zero-order chi connectivity index (χ0) is 19.4. The second-order valence-electron chi connectivity index (χ2n) is 6.70. The van der Waals surface area contributed by atoms with E-state index in [1.807, 2.05) is 13.8 Å². The summed E-state index contributed by atoms with van der Waals surface area (Å²) in [7, 11) is 0. The maximum atomic E-state index is 12.9. The Kier molecular flexibility index (Phi) is 6.71. The summed E-state index contributed by atoms with van der Waals surface area (Å²) in [6.45, 7) is 7.39. The van der Waals surface area contributed by atoms with Crippen LogP contribution in [0.1, 0.15) is 25.0 Å². The van der Waals surface area contributed by atoms with Crippen molar-refractivity contribution in [2.24, 2.45) is 0 Å². The third-order valence-corrected chi connectivity index (χ3v) is 4.61. The van der Waals surface area contributed by atoms with Crippen LogP contribution in [0.25, 0.3) is 6.08 Å². The number of hydrogen-bond donors (Lipinski definition) is 1. The first-order valence-electron chi connectivity index (χ1n) is 8.25. The van der Waals surface area contributed by atoms with E-state index >= 15 is 0 Å². The minimum Gasteiger partial charge on any atom is -0.379 e. The number of halogens is 4. The normalized spacial score (nSPS) is 16.8. The number of nitrogens with one attached hydrogen (secondary N) is 1. The number of morpholine rings is 1. The summed E-state index contributed by atoms with van der Waals surface area (Å²) in [4.78, 5) is 14.2. The highest BCUT2D eigenvalue weighted by molar-refractivity contribution is 6.31. The largest absolute Gasteiger partial charge is 0.417 e. The van der Waals surface area contributed by atoms with E-state index in [2.05, 4.69) is 10.2 Å². The second-order valence-corrected chi connectivity index (χ2v) is 7.11. The first-order chi connectivity index (χ1) is 12.1. The number of alkyl halides is 3. The van der Waals surface area contributed by atoms with Crippen LogP contribution in [0, 0.1) is 0 Å². The number of ether oxygens (including phenoxy) is 1. The van der Waals surface area contributed by atoms with Crippen molar-refractivity contribution in [3.05, 3.63) is 40.4 Å². The fraction of sp³-hybridized carbons (Fsp3) is 0.500. The molecular formula is C18H22ClF3N2O2. The summed E-state index contributed by atoms with van der Waals surface area (Å²) >= 11 is 5.58. The molecule has 0 bridgehead atoms. The van der Waals surface area contributed by atoms with Gasteiger partial charge in [-0.05, 0) is 37.6 Å². The van der Waals surface area contributed by atoms with Crippen molar-refractivity contribution in [2.45, 2.75) is 25.6 Å². The van der Waals surface area contributed by atoms with Crippen molar-refractivity contribution in [3.8, 4) is 0 Å². The molecule has 1 heterocycles. The molecule has 1 amide bonds. The summed E-state index contributed by atoms with van der Waals surface area (Å²) in [5, 5.41) is 2.42. The van der Waals surface area contributed by atoms with Crippen molar-refractivity contribution >= 4 is 23.6 Å². The Morgan fingerprint density at radius 2 is 1.96 bits per heavy atom. The molecule has 1 aromatic rings. The van der Waals surface area contributed by atoms with Crippen molar-refractivity contribution in [1.29, 1.82) is 0 Å². The molecule has 1 aromatic carbocycles. The topological polar surface area (TPSA) is 41.6 Å². The molecule has 2 rings (SSSR count). The highest BCUT2D eigenvalue weighted by atomic mass is 35.5. The maximum absolute atomic E-state index is 12.9. The monoisotopic (exact) mass is 390 g/mol. The summed E-state index contributed by atoms with van der Waals surface area (Å²) in [5.74, 6) is -0.366. The van der Waals surface area contributed by atoms with Crippen LogP contribution in [0.4, 0.5) is 13.2 Å². The highest BCUT2D eigenvalue weighted by Crippen LogP contribution is 2.35. The molecule has 8 heteroatoms. The second kappa shape index (κ2) is 8.41. The Hall–Kier alpha value is -1.57. The van der Waals surface area contributed by atoms with E-state index in [9.17, 15) is 18.0 Å². The van der Waals surface area contributed by atoms with E-state index in [1.165, 1.54) is 24.3 Å². The summed E-state index contributed by atoms with van der Waals surface area (Å²) in [6, 6.07) is 3.52. The van der Waals surface area contributed by atoms with Gasteiger partial charge in [0.1, 0.15) is 0 Å².